The van der Waals surface area contributed by atoms with E-state index < -0.39 is 56.1 Å². The molecule has 0 bridgehead atoms. The topological polar surface area (TPSA) is 139 Å². The molecule has 0 aliphatic rings. The molecular formula is C21H23ClO10S2. The van der Waals surface area contributed by atoms with E-state index in [4.69, 9.17) is 29.6 Å². The molecule has 0 aromatic heterocycles. The third kappa shape index (κ3) is 8.60. The molecule has 0 saturated heterocycles. The minimum absolute atomic E-state index is 0.00675. The Hall–Kier alpha value is -2.67. The van der Waals surface area contributed by atoms with Gasteiger partial charge in [0.05, 0.1) is 22.2 Å². The zero-order chi connectivity index (χ0) is 25.4. The second-order valence-corrected chi connectivity index (χ2v) is 11.4. The number of esters is 2. The van der Waals surface area contributed by atoms with E-state index in [1.54, 1.807) is 19.1 Å². The van der Waals surface area contributed by atoms with Crippen LogP contribution in [-0.4, -0.2) is 60.6 Å². The first-order valence-electron chi connectivity index (χ1n) is 9.87. The molecule has 1 atom stereocenters. The number of halogens is 1. The largest absolute Gasteiger partial charge is 0.463 e. The van der Waals surface area contributed by atoms with E-state index in [2.05, 4.69) is 0 Å². The first-order chi connectivity index (χ1) is 15.9. The Bertz CT molecular complexity index is 1190. The lowest BCUT2D eigenvalue weighted by Crippen LogP contribution is -2.34. The lowest BCUT2D eigenvalue weighted by atomic mass is 10.2. The molecule has 0 radical (unpaired) electrons. The second-order valence-electron chi connectivity index (χ2n) is 6.77. The third-order valence-electron chi connectivity index (χ3n) is 4.18. The lowest BCUT2D eigenvalue weighted by Gasteiger charge is -2.17. The Morgan fingerprint density at radius 3 is 2.06 bits per heavy atom. The summed E-state index contributed by atoms with van der Waals surface area (Å²) < 4.78 is 67.4. The van der Waals surface area contributed by atoms with Crippen LogP contribution in [0.4, 0.5) is 0 Å². The number of hydrogen-bond donors (Lipinski definition) is 0. The van der Waals surface area contributed by atoms with Crippen LogP contribution in [0.25, 0.3) is 0 Å². The van der Waals surface area contributed by atoms with E-state index in [9.17, 15) is 26.4 Å². The first-order valence-corrected chi connectivity index (χ1v) is 13.8. The molecule has 0 aliphatic carbocycles. The minimum Gasteiger partial charge on any atom is -0.463 e. The number of carbonyl (C=O) groups is 2. The van der Waals surface area contributed by atoms with Crippen molar-refractivity contribution in [3.05, 3.63) is 54.1 Å². The van der Waals surface area contributed by atoms with Crippen molar-refractivity contribution in [1.82, 2.24) is 0 Å². The molecule has 0 spiro atoms. The minimum atomic E-state index is -3.94. The molecule has 13 heteroatoms. The van der Waals surface area contributed by atoms with Gasteiger partial charge in [-0.3, -0.25) is 0 Å². The van der Waals surface area contributed by atoms with Gasteiger partial charge in [0.25, 0.3) is 15.3 Å². The van der Waals surface area contributed by atoms with Gasteiger partial charge in [0.1, 0.15) is 19.0 Å². The highest BCUT2D eigenvalue weighted by Crippen LogP contribution is 2.20. The van der Waals surface area contributed by atoms with Crippen molar-refractivity contribution in [3.8, 4) is 5.75 Å². The molecule has 2 rings (SSSR count). The fraction of sp³-hybridized carbons (Fsp3) is 0.333. The molecule has 0 fully saturated rings. The van der Waals surface area contributed by atoms with Gasteiger partial charge in [0, 0.05) is 10.7 Å². The summed E-state index contributed by atoms with van der Waals surface area (Å²) in [4.78, 5) is 24.0. The number of ether oxygens (including phenoxy) is 4. The number of benzene rings is 2. The molecule has 186 valence electrons. The van der Waals surface area contributed by atoms with Gasteiger partial charge in [-0.1, -0.05) is 17.7 Å². The Morgan fingerprint density at radius 1 is 0.912 bits per heavy atom. The summed E-state index contributed by atoms with van der Waals surface area (Å²) in [5, 5.41) is 0. The molecule has 0 amide bonds. The van der Waals surface area contributed by atoms with Crippen molar-refractivity contribution in [3.63, 3.8) is 0 Å². The number of carbonyl (C=O) groups excluding carboxylic acids is 2. The average Bonchev–Trinajstić information content (AvgIpc) is 2.76. The highest BCUT2D eigenvalue weighted by atomic mass is 35.7. The van der Waals surface area contributed by atoms with Crippen LogP contribution >= 0.6 is 10.7 Å². The lowest BCUT2D eigenvalue weighted by molar-refractivity contribution is -0.182. The SMILES string of the molecule is CCOC(=O)C(OCC(=O)OCCS(=O)(=O)c1ccc(C)cc1)Oc1ccc(S(=O)(=O)Cl)cc1. The maximum absolute atomic E-state index is 12.3. The predicted octanol–water partition coefficient (Wildman–Crippen LogP) is 2.22. The van der Waals surface area contributed by atoms with Crippen molar-refractivity contribution in [2.45, 2.75) is 29.9 Å². The first kappa shape index (κ1) is 27.6. The molecule has 0 heterocycles. The van der Waals surface area contributed by atoms with Gasteiger partial charge in [-0.05, 0) is 50.2 Å². The van der Waals surface area contributed by atoms with Crippen LogP contribution in [0, 0.1) is 6.92 Å². The van der Waals surface area contributed by atoms with Crippen LogP contribution in [-0.2, 0) is 42.7 Å². The highest BCUT2D eigenvalue weighted by Gasteiger charge is 2.25. The van der Waals surface area contributed by atoms with Gasteiger partial charge in [-0.25, -0.2) is 26.4 Å². The quantitative estimate of drug-likeness (QED) is 0.226. The van der Waals surface area contributed by atoms with Crippen molar-refractivity contribution in [1.29, 1.82) is 0 Å². The van der Waals surface area contributed by atoms with E-state index in [0.717, 1.165) is 17.7 Å². The Morgan fingerprint density at radius 2 is 1.50 bits per heavy atom. The summed E-state index contributed by atoms with van der Waals surface area (Å²) in [7, 11) is -2.35. The van der Waals surface area contributed by atoms with Crippen molar-refractivity contribution >= 4 is 41.5 Å². The standard InChI is InChI=1S/C21H23ClO10S2/c1-3-29-20(24)21(32-16-6-10-18(11-7-16)34(22,27)28)31-14-19(23)30-12-13-33(25,26)17-8-4-15(2)5-9-17/h4-11,21H,3,12-14H2,1-2H3. The summed E-state index contributed by atoms with van der Waals surface area (Å²) in [6.07, 6.45) is -1.66. The normalized spacial score (nSPS) is 12.6. The monoisotopic (exact) mass is 534 g/mol. The van der Waals surface area contributed by atoms with E-state index >= 15 is 0 Å². The number of rotatable bonds is 12. The summed E-state index contributed by atoms with van der Waals surface area (Å²) in [5.41, 5.74) is 0.904. The molecule has 0 N–H and O–H groups in total. The maximum Gasteiger partial charge on any atom is 0.376 e. The van der Waals surface area contributed by atoms with Crippen LogP contribution in [0.2, 0.25) is 0 Å². The van der Waals surface area contributed by atoms with Gasteiger partial charge in [-0.15, -0.1) is 0 Å². The van der Waals surface area contributed by atoms with Gasteiger partial charge >= 0.3 is 11.9 Å². The Kier molecular flexibility index (Phi) is 9.86. The van der Waals surface area contributed by atoms with E-state index in [-0.39, 0.29) is 22.1 Å². The molecule has 2 aromatic rings. The van der Waals surface area contributed by atoms with E-state index in [0.29, 0.717) is 0 Å². The van der Waals surface area contributed by atoms with E-state index in [1.807, 2.05) is 6.92 Å². The Balaban J connectivity index is 1.92. The zero-order valence-electron chi connectivity index (χ0n) is 18.3. The molecule has 10 nitrogen and oxygen atoms in total. The predicted molar refractivity (Wildman–Crippen MR) is 121 cm³/mol. The fourth-order valence-electron chi connectivity index (χ4n) is 2.48. The molecule has 34 heavy (non-hydrogen) atoms. The van der Waals surface area contributed by atoms with Crippen LogP contribution in [0.3, 0.4) is 0 Å². The van der Waals surface area contributed by atoms with Gasteiger partial charge in [0.15, 0.2) is 9.84 Å². The van der Waals surface area contributed by atoms with Crippen molar-refractivity contribution < 1.29 is 45.4 Å². The van der Waals surface area contributed by atoms with Gasteiger partial charge in [-0.2, -0.15) is 0 Å². The molecule has 2 aromatic carbocycles. The van der Waals surface area contributed by atoms with Crippen molar-refractivity contribution in [2.75, 3.05) is 25.6 Å². The van der Waals surface area contributed by atoms with Gasteiger partial charge in [0.2, 0.25) is 0 Å². The molecular weight excluding hydrogens is 512 g/mol. The number of hydrogen-bond acceptors (Lipinski definition) is 10. The zero-order valence-corrected chi connectivity index (χ0v) is 20.7. The Labute approximate surface area is 202 Å². The van der Waals surface area contributed by atoms with Crippen LogP contribution in [0.15, 0.2) is 58.3 Å². The summed E-state index contributed by atoms with van der Waals surface area (Å²) in [6, 6.07) is 11.0. The maximum atomic E-state index is 12.3. The average molecular weight is 535 g/mol. The second kappa shape index (κ2) is 12.2. The number of sulfone groups is 1. The fourth-order valence-corrected chi connectivity index (χ4v) is 4.34. The van der Waals surface area contributed by atoms with Crippen LogP contribution in [0.5, 0.6) is 5.75 Å². The van der Waals surface area contributed by atoms with Gasteiger partial charge < -0.3 is 18.9 Å². The van der Waals surface area contributed by atoms with E-state index in [1.165, 1.54) is 24.3 Å². The molecule has 1 unspecified atom stereocenters. The molecule has 0 aliphatic heterocycles. The third-order valence-corrected chi connectivity index (χ3v) is 7.24. The molecule has 0 saturated carbocycles. The summed E-state index contributed by atoms with van der Waals surface area (Å²) >= 11 is 0. The highest BCUT2D eigenvalue weighted by molar-refractivity contribution is 8.13. The summed E-state index contributed by atoms with van der Waals surface area (Å²) in [5.74, 6) is -2.26. The van der Waals surface area contributed by atoms with Crippen LogP contribution < -0.4 is 4.74 Å². The smallest absolute Gasteiger partial charge is 0.376 e. The number of aryl methyl sites for hydroxylation is 1. The van der Waals surface area contributed by atoms with Crippen molar-refractivity contribution in [2.24, 2.45) is 0 Å². The van der Waals surface area contributed by atoms with Crippen LogP contribution in [0.1, 0.15) is 12.5 Å². The summed E-state index contributed by atoms with van der Waals surface area (Å²) in [6.45, 7) is 2.23.